The van der Waals surface area contributed by atoms with Crippen molar-refractivity contribution in [2.45, 2.75) is 44.8 Å². The normalized spacial score (nSPS) is 23.6. The van der Waals surface area contributed by atoms with Gasteiger partial charge < -0.3 is 10.5 Å². The van der Waals surface area contributed by atoms with Crippen molar-refractivity contribution in [3.8, 4) is 0 Å². The summed E-state index contributed by atoms with van der Waals surface area (Å²) in [6, 6.07) is 4.61. The first kappa shape index (κ1) is 14.9. The summed E-state index contributed by atoms with van der Waals surface area (Å²) in [7, 11) is 1.37. The zero-order valence-corrected chi connectivity index (χ0v) is 12.2. The Morgan fingerprint density at radius 2 is 2.30 bits per heavy atom. The number of piperidine rings is 1. The van der Waals surface area contributed by atoms with E-state index in [0.29, 0.717) is 24.2 Å². The van der Waals surface area contributed by atoms with E-state index in [-0.39, 0.29) is 5.97 Å². The number of carbonyl (C=O) groups is 1. The van der Waals surface area contributed by atoms with Gasteiger partial charge in [0.05, 0.1) is 18.4 Å². The minimum Gasteiger partial charge on any atom is -0.465 e. The molecule has 110 valence electrons. The van der Waals surface area contributed by atoms with Gasteiger partial charge in [-0.2, -0.15) is 0 Å². The molecule has 0 aliphatic carbocycles. The van der Waals surface area contributed by atoms with Crippen LogP contribution < -0.4 is 5.73 Å². The van der Waals surface area contributed by atoms with E-state index in [9.17, 15) is 4.79 Å². The fourth-order valence-electron chi connectivity index (χ4n) is 2.82. The third kappa shape index (κ3) is 3.35. The Balaban J connectivity index is 2.06. The van der Waals surface area contributed by atoms with Crippen molar-refractivity contribution in [2.24, 2.45) is 5.73 Å². The van der Waals surface area contributed by atoms with Crippen LogP contribution in [0.1, 0.15) is 42.2 Å². The molecule has 1 fully saturated rings. The maximum atomic E-state index is 11.4. The number of pyridine rings is 1. The molecule has 1 aromatic rings. The number of carbonyl (C=O) groups excluding carboxylic acids is 1. The molecule has 1 aliphatic heterocycles. The van der Waals surface area contributed by atoms with Gasteiger partial charge in [0.1, 0.15) is 0 Å². The van der Waals surface area contributed by atoms with Crippen molar-refractivity contribution in [1.29, 1.82) is 0 Å². The average Bonchev–Trinajstić information content (AvgIpc) is 2.49. The molecule has 2 heterocycles. The monoisotopic (exact) mass is 277 g/mol. The van der Waals surface area contributed by atoms with Gasteiger partial charge >= 0.3 is 5.97 Å². The van der Waals surface area contributed by atoms with E-state index in [0.717, 1.165) is 18.7 Å². The van der Waals surface area contributed by atoms with Crippen LogP contribution in [0.4, 0.5) is 0 Å². The maximum absolute atomic E-state index is 11.4. The van der Waals surface area contributed by atoms with Gasteiger partial charge in [-0.05, 0) is 31.9 Å². The summed E-state index contributed by atoms with van der Waals surface area (Å²) in [5, 5.41) is 0. The van der Waals surface area contributed by atoms with Crippen molar-refractivity contribution in [3.63, 3.8) is 0 Å². The Hall–Kier alpha value is -1.46. The van der Waals surface area contributed by atoms with E-state index in [1.165, 1.54) is 20.0 Å². The van der Waals surface area contributed by atoms with Crippen molar-refractivity contribution >= 4 is 5.97 Å². The zero-order chi connectivity index (χ0) is 14.5. The summed E-state index contributed by atoms with van der Waals surface area (Å²) in [5.41, 5.74) is 7.32. The molecule has 5 nitrogen and oxygen atoms in total. The van der Waals surface area contributed by atoms with Gasteiger partial charge in [-0.15, -0.1) is 0 Å². The molecule has 2 atom stereocenters. The number of hydrogen-bond acceptors (Lipinski definition) is 5. The molecule has 0 radical (unpaired) electrons. The summed E-state index contributed by atoms with van der Waals surface area (Å²) in [6.07, 6.45) is 5.18. The number of methoxy groups -OCH3 is 1. The van der Waals surface area contributed by atoms with Crippen molar-refractivity contribution in [2.75, 3.05) is 13.7 Å². The fourth-order valence-corrected chi connectivity index (χ4v) is 2.82. The predicted octanol–water partition coefficient (Wildman–Crippen LogP) is 1.57. The lowest BCUT2D eigenvalue weighted by molar-refractivity contribution is 0.0600. The smallest absolute Gasteiger partial charge is 0.339 e. The highest BCUT2D eigenvalue weighted by atomic mass is 16.5. The number of nitrogens with zero attached hydrogens (tertiary/aromatic N) is 2. The van der Waals surface area contributed by atoms with Crippen LogP contribution in [0.3, 0.4) is 0 Å². The molecule has 0 amide bonds. The second-order valence-electron chi connectivity index (χ2n) is 5.37. The largest absolute Gasteiger partial charge is 0.465 e. The molecule has 2 rings (SSSR count). The Morgan fingerprint density at radius 3 is 2.90 bits per heavy atom. The minimum absolute atomic E-state index is 0.352. The first-order chi connectivity index (χ1) is 9.65. The van der Waals surface area contributed by atoms with Crippen molar-refractivity contribution in [1.82, 2.24) is 9.88 Å². The van der Waals surface area contributed by atoms with E-state index >= 15 is 0 Å². The first-order valence-corrected chi connectivity index (χ1v) is 7.14. The molecular formula is C15H23N3O2. The minimum atomic E-state index is -0.352. The highest BCUT2D eigenvalue weighted by molar-refractivity contribution is 5.88. The molecule has 20 heavy (non-hydrogen) atoms. The molecule has 0 bridgehead atoms. The fraction of sp³-hybridized carbons (Fsp3) is 0.600. The van der Waals surface area contributed by atoms with Gasteiger partial charge in [-0.1, -0.05) is 6.42 Å². The number of ether oxygens (including phenoxy) is 1. The third-order valence-corrected chi connectivity index (χ3v) is 4.06. The molecule has 2 N–H and O–H groups in total. The highest BCUT2D eigenvalue weighted by Gasteiger charge is 2.27. The second kappa shape index (κ2) is 6.81. The van der Waals surface area contributed by atoms with Crippen LogP contribution >= 0.6 is 0 Å². The summed E-state index contributed by atoms with van der Waals surface area (Å²) in [6.45, 7) is 3.71. The molecule has 0 saturated carbocycles. The number of esters is 1. The Morgan fingerprint density at radius 1 is 1.50 bits per heavy atom. The number of rotatable bonds is 4. The number of aromatic nitrogens is 1. The Kier molecular flexibility index (Phi) is 5.09. The maximum Gasteiger partial charge on any atom is 0.339 e. The number of hydrogen-bond donors (Lipinski definition) is 1. The van der Waals surface area contributed by atoms with Gasteiger partial charge in [-0.25, -0.2) is 4.79 Å². The second-order valence-corrected chi connectivity index (χ2v) is 5.37. The summed E-state index contributed by atoms with van der Waals surface area (Å²) < 4.78 is 4.67. The lowest BCUT2D eigenvalue weighted by Crippen LogP contribution is -2.48. The topological polar surface area (TPSA) is 68.5 Å². The zero-order valence-electron chi connectivity index (χ0n) is 12.2. The molecule has 5 heteroatoms. The Labute approximate surface area is 120 Å². The van der Waals surface area contributed by atoms with Gasteiger partial charge in [0, 0.05) is 31.4 Å². The number of nitrogens with two attached hydrogens (primary N) is 1. The van der Waals surface area contributed by atoms with Gasteiger partial charge in [-0.3, -0.25) is 9.88 Å². The van der Waals surface area contributed by atoms with Gasteiger partial charge in [0.2, 0.25) is 0 Å². The molecular weight excluding hydrogens is 254 g/mol. The Bertz CT molecular complexity index is 447. The molecule has 1 saturated heterocycles. The van der Waals surface area contributed by atoms with Crippen LogP contribution in [0.2, 0.25) is 0 Å². The van der Waals surface area contributed by atoms with Crippen molar-refractivity contribution < 1.29 is 9.53 Å². The van der Waals surface area contributed by atoms with Gasteiger partial charge in [0.15, 0.2) is 0 Å². The van der Waals surface area contributed by atoms with E-state index in [4.69, 9.17) is 5.73 Å². The van der Waals surface area contributed by atoms with E-state index in [1.807, 2.05) is 6.07 Å². The lowest BCUT2D eigenvalue weighted by atomic mass is 9.96. The number of likely N-dealkylation sites (tertiary alicyclic amines) is 1. The standard InChI is InChI=1S/C15H23N3O2/c1-11-4-3-5-14(8-16)18(11)10-13-7-6-12(9-17-13)15(19)20-2/h6-7,9,11,14H,3-5,8,10,16H2,1-2H3. The first-order valence-electron chi connectivity index (χ1n) is 7.14. The average molecular weight is 277 g/mol. The quantitative estimate of drug-likeness (QED) is 0.846. The van der Waals surface area contributed by atoms with E-state index < -0.39 is 0 Å². The molecule has 1 aromatic heterocycles. The van der Waals surface area contributed by atoms with Crippen LogP contribution in [0.25, 0.3) is 0 Å². The van der Waals surface area contributed by atoms with E-state index in [1.54, 1.807) is 12.3 Å². The summed E-state index contributed by atoms with van der Waals surface area (Å²) in [5.74, 6) is -0.352. The van der Waals surface area contributed by atoms with E-state index in [2.05, 4.69) is 21.5 Å². The molecule has 0 spiro atoms. The van der Waals surface area contributed by atoms with Crippen molar-refractivity contribution in [3.05, 3.63) is 29.6 Å². The molecule has 0 aromatic carbocycles. The SMILES string of the molecule is COC(=O)c1ccc(CN2C(C)CCCC2CN)nc1. The van der Waals surface area contributed by atoms with Crippen LogP contribution in [0.15, 0.2) is 18.3 Å². The van der Waals surface area contributed by atoms with Crippen LogP contribution in [0, 0.1) is 0 Å². The van der Waals surface area contributed by atoms with Crippen LogP contribution in [-0.2, 0) is 11.3 Å². The lowest BCUT2D eigenvalue weighted by Gasteiger charge is -2.40. The summed E-state index contributed by atoms with van der Waals surface area (Å²) >= 11 is 0. The highest BCUT2D eigenvalue weighted by Crippen LogP contribution is 2.23. The van der Waals surface area contributed by atoms with Crippen LogP contribution in [-0.4, -0.2) is 41.6 Å². The molecule has 2 unspecified atom stereocenters. The summed E-state index contributed by atoms with van der Waals surface area (Å²) in [4.78, 5) is 18.2. The van der Waals surface area contributed by atoms with Crippen LogP contribution in [0.5, 0.6) is 0 Å². The van der Waals surface area contributed by atoms with Gasteiger partial charge in [0.25, 0.3) is 0 Å². The molecule has 1 aliphatic rings. The predicted molar refractivity (Wildman–Crippen MR) is 77.3 cm³/mol. The third-order valence-electron chi connectivity index (χ3n) is 4.06.